The quantitative estimate of drug-likeness (QED) is 0.0260. The number of hydrogen-bond donors (Lipinski definition) is 6. The highest BCUT2D eigenvalue weighted by molar-refractivity contribution is 7.58. The molecule has 776 valence electrons. The molecule has 0 bridgehead atoms. The first-order valence-corrected chi connectivity index (χ1v) is 65.1. The molecule has 0 aliphatic carbocycles. The lowest BCUT2D eigenvalue weighted by Gasteiger charge is -2.28. The minimum atomic E-state index is -0.0794. The summed E-state index contributed by atoms with van der Waals surface area (Å²) >= 11 is 0. The average molecular weight is 2210 g/mol. The van der Waals surface area contributed by atoms with Crippen molar-refractivity contribution < 1.29 is 30.6 Å². The van der Waals surface area contributed by atoms with Gasteiger partial charge in [0, 0.05) is 43.0 Å². The highest BCUT2D eigenvalue weighted by atomic mass is 31.1. The molecule has 0 aliphatic rings. The van der Waals surface area contributed by atoms with Crippen LogP contribution in [0.15, 0.2) is 358 Å². The third-order valence-electron chi connectivity index (χ3n) is 25.9. The van der Waals surface area contributed by atoms with Gasteiger partial charge in [-0.15, -0.1) is 8.58 Å². The molecule has 0 heterocycles. The maximum atomic E-state index is 11.1. The number of hydrogen-bond acceptors (Lipinski definition) is 6. The Morgan fingerprint density at radius 2 is 0.453 bits per heavy atom. The lowest BCUT2D eigenvalue weighted by Crippen LogP contribution is -2.21. The van der Waals surface area contributed by atoms with E-state index in [4.69, 9.17) is 0 Å². The summed E-state index contributed by atoms with van der Waals surface area (Å²) in [5.41, 5.74) is 25.1. The predicted octanol–water partition coefficient (Wildman–Crippen LogP) is 27.7. The van der Waals surface area contributed by atoms with E-state index in [9.17, 15) is 30.6 Å². The molecule has 18 heteroatoms. The van der Waals surface area contributed by atoms with Crippen LogP contribution in [-0.2, 0) is 53.2 Å². The van der Waals surface area contributed by atoms with Crippen molar-refractivity contribution >= 4 is 193 Å². The second-order valence-corrected chi connectivity index (χ2v) is 56.6. The molecule has 17 aromatic carbocycles. The van der Waals surface area contributed by atoms with Crippen LogP contribution in [0.1, 0.15) is 174 Å². The van der Waals surface area contributed by atoms with Gasteiger partial charge in [0.15, 0.2) is 0 Å². The van der Waals surface area contributed by atoms with Crippen LogP contribution in [0.2, 0.25) is 0 Å². The fourth-order valence-corrected chi connectivity index (χ4v) is 33.1. The predicted molar refractivity (Wildman–Crippen MR) is 689 cm³/mol. The van der Waals surface area contributed by atoms with Crippen molar-refractivity contribution in [2.75, 3.05) is 6.66 Å². The summed E-state index contributed by atoms with van der Waals surface area (Å²) in [6, 6.07) is 125. The summed E-state index contributed by atoms with van der Waals surface area (Å²) in [6.45, 7) is 45.3. The van der Waals surface area contributed by atoms with Gasteiger partial charge in [-0.25, -0.2) is 0 Å². The van der Waals surface area contributed by atoms with Crippen molar-refractivity contribution in [1.82, 2.24) is 0 Å². The summed E-state index contributed by atoms with van der Waals surface area (Å²) in [5.74, 6) is 2.64. The second kappa shape index (κ2) is 58.3. The Bertz CT molecular complexity index is 7190. The van der Waals surface area contributed by atoms with Crippen LogP contribution < -0.4 is 90.2 Å². The Kier molecular flexibility index (Phi) is 46.4. The van der Waals surface area contributed by atoms with E-state index in [1.807, 2.05) is 62.4 Å². The molecule has 0 amide bonds. The summed E-state index contributed by atoms with van der Waals surface area (Å²) in [6.07, 6.45) is 6.39. The Morgan fingerprint density at radius 3 is 0.793 bits per heavy atom. The molecule has 12 unspecified atom stereocenters. The van der Waals surface area contributed by atoms with E-state index < -0.39 is 0 Å². The standard InChI is InChI=1S/C25H30OP2.C23H34OP2.C22H24OP2.2C21H22OP2.C20H20OP2/c1-17-14-21(25(3,4)5)23(26)22(15-17)28-24-18(2)10-9-11-19(24)16-27-20-12-7-6-8-13-20;1-15-10-9-11-16(14-25-8)21(15)26-19-13-17(22(2,3)4)12-18(20(19)24)23(5,6)7;1-15-12-17(3)21(23)20(13-15)25-22-16(2)8-7-9-18(22)14-24-19-10-5-4-6-11-19;1-15-8-7-13-19(20(15)22)24-21-16(2)9-6-10-17(21)14-23-18-11-4-3-5-12-18;1-15-11-12-19(22)20(13-15)24-21-16(2)7-6-8-17(21)14-23-18-9-4-3-5-10-18;1-15-8-7-9-16(14-22-17-10-3-2-4-11-17)20(15)23-19-13-6-5-12-18(19)21/h6-15,26-28H,16H2,1-5H3;9-13,24-26H,14H2,1-8H3;4-13,23-25H,14H2,1-3H3;2*3-13,22-24H,14H2,1-2H3;2-13,21-23H,14H2,1H3. The SMILES string of the molecule is CPCc1cccc(C)c1Pc1cc(C(C)(C)C)cc(C(C)(C)C)c1O.Cc1cc(C)c(O)c(Pc2c(C)cccc2CPc2ccccc2)c1.Cc1cc(Pc2c(C)cccc2CPc2ccccc2)c(O)c(C(C)(C)C)c1.Cc1ccc(O)c(Pc2c(C)cccc2CPc2ccccc2)c1.Cc1cccc(CPc2ccccc2)c1Pc1ccccc1O.Cc1cccc(Pc2c(C)cccc2CPc2ccccc2)c1O. The zero-order valence-corrected chi connectivity index (χ0v) is 103. The number of phenols is 6. The zero-order valence-electron chi connectivity index (χ0n) is 91.0. The molecule has 0 saturated heterocycles. The molecular formula is C132H152O6P12. The Balaban J connectivity index is 0.000000160. The van der Waals surface area contributed by atoms with Crippen molar-refractivity contribution in [1.29, 1.82) is 0 Å². The molecule has 6 N–H and O–H groups in total. The summed E-state index contributed by atoms with van der Waals surface area (Å²) in [5, 5.41) is 84.8. The lowest BCUT2D eigenvalue weighted by molar-refractivity contribution is 0.448. The van der Waals surface area contributed by atoms with E-state index in [0.717, 1.165) is 143 Å². The average Bonchev–Trinajstić information content (AvgIpc) is 0.774. The van der Waals surface area contributed by atoms with Crippen LogP contribution in [0.3, 0.4) is 0 Å². The molecule has 17 rings (SSSR count). The maximum Gasteiger partial charge on any atom is 0.127 e. The van der Waals surface area contributed by atoms with Gasteiger partial charge in [-0.3, -0.25) is 0 Å². The molecule has 0 radical (unpaired) electrons. The molecule has 150 heavy (non-hydrogen) atoms. The first-order valence-electron chi connectivity index (χ1n) is 51.4. The third-order valence-corrected chi connectivity index (χ3v) is 43.0. The number of aromatic hydroxyl groups is 6. The number of phenolic OH excluding ortho intramolecular Hbond substituents is 6. The van der Waals surface area contributed by atoms with Gasteiger partial charge in [-0.2, -0.15) is 0 Å². The number of para-hydroxylation sites is 2. The van der Waals surface area contributed by atoms with Crippen molar-refractivity contribution in [3.8, 4) is 34.5 Å². The van der Waals surface area contributed by atoms with Crippen LogP contribution in [0.5, 0.6) is 34.5 Å². The largest absolute Gasteiger partial charge is 0.507 e. The highest BCUT2D eigenvalue weighted by Gasteiger charge is 2.28. The lowest BCUT2D eigenvalue weighted by atomic mass is 9.80. The number of benzene rings is 17. The molecule has 0 fully saturated rings. The summed E-state index contributed by atoms with van der Waals surface area (Å²) < 4.78 is 0. The number of rotatable bonds is 29. The second-order valence-electron chi connectivity index (χ2n) is 41.4. The van der Waals surface area contributed by atoms with Crippen LogP contribution in [0.4, 0.5) is 0 Å². The minimum Gasteiger partial charge on any atom is -0.507 e. The molecule has 0 spiro atoms. The topological polar surface area (TPSA) is 121 Å². The molecule has 0 aliphatic heterocycles. The maximum absolute atomic E-state index is 11.1. The smallest absolute Gasteiger partial charge is 0.127 e. The van der Waals surface area contributed by atoms with Crippen molar-refractivity contribution in [2.24, 2.45) is 0 Å². The van der Waals surface area contributed by atoms with Crippen LogP contribution in [0.25, 0.3) is 0 Å². The molecule has 17 aromatic rings. The van der Waals surface area contributed by atoms with Crippen LogP contribution in [0, 0.1) is 76.2 Å². The summed E-state index contributed by atoms with van der Waals surface area (Å²) in [7, 11) is 7.68. The first-order chi connectivity index (χ1) is 71.8. The Hall–Kier alpha value is -9.30. The molecule has 12 atom stereocenters. The van der Waals surface area contributed by atoms with E-state index in [1.165, 1.54) is 147 Å². The fourth-order valence-electron chi connectivity index (χ4n) is 17.4. The van der Waals surface area contributed by atoms with Crippen LogP contribution in [-0.4, -0.2) is 37.3 Å². The van der Waals surface area contributed by atoms with Crippen molar-refractivity contribution in [2.45, 2.75) is 192 Å². The normalized spacial score (nSPS) is 12.2. The Morgan fingerprint density at radius 1 is 0.193 bits per heavy atom. The van der Waals surface area contributed by atoms with E-state index in [0.29, 0.717) is 86.0 Å². The van der Waals surface area contributed by atoms with Gasteiger partial charge in [0.25, 0.3) is 0 Å². The monoisotopic (exact) mass is 2200 g/mol. The van der Waals surface area contributed by atoms with E-state index in [1.54, 1.807) is 12.1 Å². The third kappa shape index (κ3) is 35.9. The summed E-state index contributed by atoms with van der Waals surface area (Å²) in [4.78, 5) is 0. The fraction of sp³-hybridized carbons (Fsp3) is 0.227. The highest BCUT2D eigenvalue weighted by Crippen LogP contribution is 2.41. The molecular weight excluding hydrogens is 2050 g/mol. The van der Waals surface area contributed by atoms with Gasteiger partial charge in [0.05, 0.1) is 0 Å². The Labute approximate surface area is 918 Å². The van der Waals surface area contributed by atoms with Gasteiger partial charge in [0.2, 0.25) is 0 Å². The van der Waals surface area contributed by atoms with E-state index >= 15 is 0 Å². The minimum absolute atomic E-state index is 0.0618. The van der Waals surface area contributed by atoms with Gasteiger partial charge >= 0.3 is 0 Å². The van der Waals surface area contributed by atoms with E-state index in [-0.39, 0.29) is 16.2 Å². The van der Waals surface area contributed by atoms with Crippen molar-refractivity contribution in [3.63, 3.8) is 0 Å². The van der Waals surface area contributed by atoms with Gasteiger partial charge < -0.3 is 30.6 Å². The van der Waals surface area contributed by atoms with Crippen molar-refractivity contribution in [3.05, 3.63) is 469 Å². The van der Waals surface area contributed by atoms with Gasteiger partial charge in [0.1, 0.15) is 34.5 Å². The van der Waals surface area contributed by atoms with Gasteiger partial charge in [-0.1, -0.05) is 484 Å². The molecule has 0 saturated carbocycles. The van der Waals surface area contributed by atoms with Gasteiger partial charge in [-0.05, 0) is 325 Å². The first kappa shape index (κ1) is 119. The number of aryl methyl sites for hydroxylation is 11. The molecule has 0 aromatic heterocycles. The van der Waals surface area contributed by atoms with Crippen LogP contribution >= 0.6 is 103 Å². The van der Waals surface area contributed by atoms with E-state index in [2.05, 4.69) is 429 Å². The zero-order chi connectivity index (χ0) is 108. The molecule has 6 nitrogen and oxygen atoms in total.